The highest BCUT2D eigenvalue weighted by atomic mass is 79.9. The van der Waals surface area contributed by atoms with Gasteiger partial charge >= 0.3 is 0 Å². The molecule has 0 aromatic heterocycles. The number of hydrogen-bond acceptors (Lipinski definition) is 1. The molecule has 112 valence electrons. The van der Waals surface area contributed by atoms with Crippen molar-refractivity contribution in [3.05, 3.63) is 68.7 Å². The van der Waals surface area contributed by atoms with Crippen LogP contribution in [0.3, 0.4) is 0 Å². The summed E-state index contributed by atoms with van der Waals surface area (Å²) in [6, 6.07) is 15.0. The molecular weight excluding hydrogens is 346 g/mol. The van der Waals surface area contributed by atoms with Gasteiger partial charge in [-0.2, -0.15) is 0 Å². The largest absolute Gasteiger partial charge is 0.310 e. The third-order valence-corrected chi connectivity index (χ3v) is 4.37. The van der Waals surface area contributed by atoms with Crippen LogP contribution in [0.2, 0.25) is 5.02 Å². The molecule has 0 spiro atoms. The fraction of sp³-hybridized carbons (Fsp3) is 0.333. The van der Waals surface area contributed by atoms with E-state index < -0.39 is 0 Å². The van der Waals surface area contributed by atoms with E-state index in [4.69, 9.17) is 11.6 Å². The number of rotatable bonds is 6. The highest BCUT2D eigenvalue weighted by Crippen LogP contribution is 2.29. The number of benzene rings is 2. The lowest BCUT2D eigenvalue weighted by Gasteiger charge is -2.21. The van der Waals surface area contributed by atoms with Crippen LogP contribution in [0.15, 0.2) is 46.9 Å². The van der Waals surface area contributed by atoms with Crippen molar-refractivity contribution in [3.63, 3.8) is 0 Å². The first-order valence-corrected chi connectivity index (χ1v) is 8.51. The minimum absolute atomic E-state index is 0.234. The van der Waals surface area contributed by atoms with E-state index in [0.717, 1.165) is 34.4 Å². The van der Waals surface area contributed by atoms with E-state index in [1.165, 1.54) is 11.1 Å². The quantitative estimate of drug-likeness (QED) is 0.692. The average Bonchev–Trinajstić information content (AvgIpc) is 2.48. The van der Waals surface area contributed by atoms with Crippen LogP contribution in [0.5, 0.6) is 0 Å². The summed E-state index contributed by atoms with van der Waals surface area (Å²) in [5, 5.41) is 4.43. The molecule has 0 aliphatic carbocycles. The van der Waals surface area contributed by atoms with Crippen molar-refractivity contribution in [1.82, 2.24) is 5.32 Å². The Balaban J connectivity index is 2.25. The van der Waals surface area contributed by atoms with Gasteiger partial charge in [0.15, 0.2) is 0 Å². The lowest BCUT2D eigenvalue weighted by atomic mass is 9.98. The van der Waals surface area contributed by atoms with Gasteiger partial charge in [-0.3, -0.25) is 0 Å². The summed E-state index contributed by atoms with van der Waals surface area (Å²) in [7, 11) is 0. The highest BCUT2D eigenvalue weighted by molar-refractivity contribution is 9.10. The van der Waals surface area contributed by atoms with Crippen LogP contribution >= 0.6 is 27.5 Å². The second-order valence-electron chi connectivity index (χ2n) is 5.36. The monoisotopic (exact) mass is 365 g/mol. The van der Waals surface area contributed by atoms with Gasteiger partial charge in [-0.15, -0.1) is 0 Å². The Morgan fingerprint density at radius 1 is 1.14 bits per heavy atom. The van der Waals surface area contributed by atoms with E-state index >= 15 is 0 Å². The van der Waals surface area contributed by atoms with Crippen molar-refractivity contribution in [2.75, 3.05) is 6.54 Å². The second-order valence-corrected chi connectivity index (χ2v) is 6.69. The van der Waals surface area contributed by atoms with Gasteiger partial charge in [-0.25, -0.2) is 0 Å². The van der Waals surface area contributed by atoms with Crippen molar-refractivity contribution in [3.8, 4) is 0 Å². The molecule has 0 aliphatic rings. The normalized spacial score (nSPS) is 12.4. The molecule has 1 nitrogen and oxygen atoms in total. The SMILES string of the molecule is CCCNC(Cc1ccc(C)cc1)c1cc(Br)ccc1Cl. The zero-order valence-electron chi connectivity index (χ0n) is 12.5. The predicted molar refractivity (Wildman–Crippen MR) is 95.1 cm³/mol. The van der Waals surface area contributed by atoms with E-state index in [2.05, 4.69) is 65.4 Å². The molecule has 0 saturated heterocycles. The molecular formula is C18H21BrClN. The van der Waals surface area contributed by atoms with Crippen LogP contribution in [0.4, 0.5) is 0 Å². The van der Waals surface area contributed by atoms with Gasteiger partial charge in [-0.1, -0.05) is 64.3 Å². The smallest absolute Gasteiger partial charge is 0.0454 e. The van der Waals surface area contributed by atoms with Crippen molar-refractivity contribution in [2.45, 2.75) is 32.7 Å². The van der Waals surface area contributed by atoms with Crippen molar-refractivity contribution in [1.29, 1.82) is 0 Å². The van der Waals surface area contributed by atoms with Gasteiger partial charge in [0.05, 0.1) is 0 Å². The number of halogens is 2. The summed E-state index contributed by atoms with van der Waals surface area (Å²) >= 11 is 9.94. The van der Waals surface area contributed by atoms with Gasteiger partial charge in [0.2, 0.25) is 0 Å². The number of aryl methyl sites for hydroxylation is 1. The molecule has 1 unspecified atom stereocenters. The van der Waals surface area contributed by atoms with Crippen LogP contribution < -0.4 is 5.32 Å². The standard InChI is InChI=1S/C18H21BrClN/c1-3-10-21-18(11-14-6-4-13(2)5-7-14)16-12-15(19)8-9-17(16)20/h4-9,12,18,21H,3,10-11H2,1-2H3. The third-order valence-electron chi connectivity index (χ3n) is 3.53. The molecule has 1 atom stereocenters. The number of hydrogen-bond donors (Lipinski definition) is 1. The second kappa shape index (κ2) is 7.98. The van der Waals surface area contributed by atoms with Crippen molar-refractivity contribution < 1.29 is 0 Å². The summed E-state index contributed by atoms with van der Waals surface area (Å²) in [5.74, 6) is 0. The Kier molecular flexibility index (Phi) is 6.28. The van der Waals surface area contributed by atoms with Gasteiger partial charge < -0.3 is 5.32 Å². The first-order chi connectivity index (χ1) is 10.1. The van der Waals surface area contributed by atoms with Crippen molar-refractivity contribution in [2.24, 2.45) is 0 Å². The Morgan fingerprint density at radius 3 is 2.52 bits per heavy atom. The lowest BCUT2D eigenvalue weighted by Crippen LogP contribution is -2.24. The molecule has 0 aliphatic heterocycles. The molecule has 21 heavy (non-hydrogen) atoms. The fourth-order valence-corrected chi connectivity index (χ4v) is 2.98. The topological polar surface area (TPSA) is 12.0 Å². The first-order valence-electron chi connectivity index (χ1n) is 7.34. The third kappa shape index (κ3) is 4.84. The minimum atomic E-state index is 0.234. The molecule has 2 aromatic carbocycles. The average molecular weight is 367 g/mol. The van der Waals surface area contributed by atoms with E-state index in [-0.39, 0.29) is 6.04 Å². The lowest BCUT2D eigenvalue weighted by molar-refractivity contribution is 0.529. The summed E-state index contributed by atoms with van der Waals surface area (Å²) in [4.78, 5) is 0. The van der Waals surface area contributed by atoms with E-state index in [9.17, 15) is 0 Å². The first kappa shape index (κ1) is 16.5. The zero-order chi connectivity index (χ0) is 15.2. The molecule has 0 fully saturated rings. The summed E-state index contributed by atoms with van der Waals surface area (Å²) < 4.78 is 1.06. The highest BCUT2D eigenvalue weighted by Gasteiger charge is 2.15. The molecule has 1 N–H and O–H groups in total. The molecule has 0 bridgehead atoms. The van der Waals surface area contributed by atoms with E-state index in [0.29, 0.717) is 0 Å². The van der Waals surface area contributed by atoms with E-state index in [1.807, 2.05) is 12.1 Å². The molecule has 2 rings (SSSR count). The Labute approximate surface area is 140 Å². The van der Waals surface area contributed by atoms with Crippen LogP contribution in [0, 0.1) is 6.92 Å². The fourth-order valence-electron chi connectivity index (χ4n) is 2.35. The molecule has 0 saturated carbocycles. The Hall–Kier alpha value is -0.830. The van der Waals surface area contributed by atoms with Gasteiger partial charge in [0.25, 0.3) is 0 Å². The van der Waals surface area contributed by atoms with Crippen LogP contribution in [-0.2, 0) is 6.42 Å². The zero-order valence-corrected chi connectivity index (χ0v) is 14.8. The van der Waals surface area contributed by atoms with Crippen LogP contribution in [0.1, 0.15) is 36.1 Å². The van der Waals surface area contributed by atoms with Crippen molar-refractivity contribution >= 4 is 27.5 Å². The maximum atomic E-state index is 6.40. The predicted octanol–water partition coefficient (Wildman–Crippen LogP) is 5.69. The van der Waals surface area contributed by atoms with E-state index in [1.54, 1.807) is 0 Å². The van der Waals surface area contributed by atoms with Crippen LogP contribution in [-0.4, -0.2) is 6.54 Å². The number of nitrogens with one attached hydrogen (secondary N) is 1. The molecule has 3 heteroatoms. The maximum absolute atomic E-state index is 6.40. The molecule has 0 amide bonds. The van der Waals surface area contributed by atoms with Gasteiger partial charge in [0.1, 0.15) is 0 Å². The van der Waals surface area contributed by atoms with Crippen LogP contribution in [0.25, 0.3) is 0 Å². The van der Waals surface area contributed by atoms with Gasteiger partial charge in [0, 0.05) is 15.5 Å². The summed E-state index contributed by atoms with van der Waals surface area (Å²) in [6.45, 7) is 5.28. The molecule has 0 heterocycles. The molecule has 0 radical (unpaired) electrons. The maximum Gasteiger partial charge on any atom is 0.0454 e. The summed E-state index contributed by atoms with van der Waals surface area (Å²) in [5.41, 5.74) is 3.77. The summed E-state index contributed by atoms with van der Waals surface area (Å²) in [6.07, 6.45) is 2.05. The molecule has 2 aromatic rings. The van der Waals surface area contributed by atoms with Gasteiger partial charge in [-0.05, 0) is 55.6 Å². The Bertz CT molecular complexity index is 580. The Morgan fingerprint density at radius 2 is 1.86 bits per heavy atom. The minimum Gasteiger partial charge on any atom is -0.310 e.